The SMILES string of the molecule is COCCNC1(C(=O)OC)CCCC(C)CC1. The van der Waals surface area contributed by atoms with Gasteiger partial charge in [-0.1, -0.05) is 19.8 Å². The van der Waals surface area contributed by atoms with Crippen LogP contribution in [0.4, 0.5) is 0 Å². The average molecular weight is 243 g/mol. The van der Waals surface area contributed by atoms with Crippen LogP contribution in [0.25, 0.3) is 0 Å². The number of nitrogens with one attached hydrogen (secondary N) is 1. The zero-order chi connectivity index (χ0) is 12.7. The van der Waals surface area contributed by atoms with E-state index in [1.165, 1.54) is 13.5 Å². The third-order valence-corrected chi connectivity index (χ3v) is 3.71. The first-order valence-corrected chi connectivity index (χ1v) is 6.47. The quantitative estimate of drug-likeness (QED) is 0.454. The Morgan fingerprint density at radius 2 is 2.12 bits per heavy atom. The summed E-state index contributed by atoms with van der Waals surface area (Å²) in [4.78, 5) is 12.0. The van der Waals surface area contributed by atoms with Crippen molar-refractivity contribution in [2.24, 2.45) is 5.92 Å². The van der Waals surface area contributed by atoms with Gasteiger partial charge in [-0.2, -0.15) is 0 Å². The predicted octanol–water partition coefficient (Wildman–Crippen LogP) is 1.73. The van der Waals surface area contributed by atoms with E-state index < -0.39 is 5.54 Å². The van der Waals surface area contributed by atoms with Gasteiger partial charge in [0.25, 0.3) is 0 Å². The highest BCUT2D eigenvalue weighted by Gasteiger charge is 2.39. The van der Waals surface area contributed by atoms with E-state index in [1.807, 2.05) is 0 Å². The predicted molar refractivity (Wildman–Crippen MR) is 66.9 cm³/mol. The van der Waals surface area contributed by atoms with Crippen molar-refractivity contribution in [1.29, 1.82) is 0 Å². The van der Waals surface area contributed by atoms with Gasteiger partial charge in [-0.3, -0.25) is 10.1 Å². The largest absolute Gasteiger partial charge is 0.468 e. The Balaban J connectivity index is 2.66. The van der Waals surface area contributed by atoms with E-state index in [1.54, 1.807) is 7.11 Å². The molecule has 1 aliphatic carbocycles. The lowest BCUT2D eigenvalue weighted by atomic mass is 9.89. The lowest BCUT2D eigenvalue weighted by Gasteiger charge is -2.31. The number of esters is 1. The number of ether oxygens (including phenoxy) is 2. The number of hydrogen-bond donors (Lipinski definition) is 1. The first kappa shape index (κ1) is 14.5. The number of methoxy groups -OCH3 is 2. The zero-order valence-electron chi connectivity index (χ0n) is 11.3. The maximum atomic E-state index is 12.0. The van der Waals surface area contributed by atoms with Crippen LogP contribution < -0.4 is 5.32 Å². The first-order chi connectivity index (χ1) is 8.14. The van der Waals surface area contributed by atoms with Gasteiger partial charge >= 0.3 is 5.97 Å². The van der Waals surface area contributed by atoms with Crippen LogP contribution in [-0.2, 0) is 14.3 Å². The summed E-state index contributed by atoms with van der Waals surface area (Å²) in [6.07, 6.45) is 5.09. The standard InChI is InChI=1S/C13H25NO3/c1-11-5-4-7-13(8-6-11,12(15)17-3)14-9-10-16-2/h11,14H,4-10H2,1-3H3. The summed E-state index contributed by atoms with van der Waals surface area (Å²) in [7, 11) is 3.14. The highest BCUT2D eigenvalue weighted by atomic mass is 16.5. The summed E-state index contributed by atoms with van der Waals surface area (Å²) in [6, 6.07) is 0. The van der Waals surface area contributed by atoms with E-state index in [4.69, 9.17) is 9.47 Å². The minimum absolute atomic E-state index is 0.122. The molecule has 17 heavy (non-hydrogen) atoms. The number of rotatable bonds is 5. The second-order valence-electron chi connectivity index (χ2n) is 5.03. The summed E-state index contributed by atoms with van der Waals surface area (Å²) in [6.45, 7) is 3.57. The second kappa shape index (κ2) is 6.97. The van der Waals surface area contributed by atoms with Crippen LogP contribution in [0.3, 0.4) is 0 Å². The zero-order valence-corrected chi connectivity index (χ0v) is 11.3. The van der Waals surface area contributed by atoms with Gasteiger partial charge in [0, 0.05) is 13.7 Å². The van der Waals surface area contributed by atoms with Crippen LogP contribution >= 0.6 is 0 Å². The Hall–Kier alpha value is -0.610. The van der Waals surface area contributed by atoms with E-state index in [2.05, 4.69) is 12.2 Å². The molecular formula is C13H25NO3. The van der Waals surface area contributed by atoms with E-state index in [0.29, 0.717) is 19.1 Å². The lowest BCUT2D eigenvalue weighted by Crippen LogP contribution is -2.53. The van der Waals surface area contributed by atoms with Gasteiger partial charge < -0.3 is 9.47 Å². The van der Waals surface area contributed by atoms with Crippen LogP contribution in [0, 0.1) is 5.92 Å². The molecule has 1 fully saturated rings. The average Bonchev–Trinajstić information content (AvgIpc) is 2.52. The fraction of sp³-hybridized carbons (Fsp3) is 0.923. The van der Waals surface area contributed by atoms with Gasteiger partial charge in [-0.05, 0) is 25.2 Å². The molecule has 4 nitrogen and oxygen atoms in total. The van der Waals surface area contributed by atoms with Crippen molar-refractivity contribution in [3.05, 3.63) is 0 Å². The number of carbonyl (C=O) groups is 1. The minimum Gasteiger partial charge on any atom is -0.468 e. The van der Waals surface area contributed by atoms with Gasteiger partial charge in [-0.15, -0.1) is 0 Å². The van der Waals surface area contributed by atoms with Crippen LogP contribution in [0.2, 0.25) is 0 Å². The summed E-state index contributed by atoms with van der Waals surface area (Å²) < 4.78 is 10.0. The molecule has 1 saturated carbocycles. The summed E-state index contributed by atoms with van der Waals surface area (Å²) in [5.41, 5.74) is -0.488. The Morgan fingerprint density at radius 3 is 2.76 bits per heavy atom. The van der Waals surface area contributed by atoms with Crippen LogP contribution in [0.5, 0.6) is 0 Å². The molecular weight excluding hydrogens is 218 g/mol. The van der Waals surface area contributed by atoms with Crippen LogP contribution in [-0.4, -0.2) is 38.9 Å². The van der Waals surface area contributed by atoms with Gasteiger partial charge in [0.05, 0.1) is 13.7 Å². The van der Waals surface area contributed by atoms with Crippen molar-refractivity contribution in [2.75, 3.05) is 27.4 Å². The van der Waals surface area contributed by atoms with Crippen molar-refractivity contribution in [3.63, 3.8) is 0 Å². The molecule has 0 heterocycles. The van der Waals surface area contributed by atoms with Crippen molar-refractivity contribution < 1.29 is 14.3 Å². The summed E-state index contributed by atoms with van der Waals surface area (Å²) in [5.74, 6) is 0.577. The maximum absolute atomic E-state index is 12.0. The van der Waals surface area contributed by atoms with Gasteiger partial charge in [0.1, 0.15) is 5.54 Å². The summed E-state index contributed by atoms with van der Waals surface area (Å²) >= 11 is 0. The molecule has 1 rings (SSSR count). The van der Waals surface area contributed by atoms with Crippen molar-refractivity contribution >= 4 is 5.97 Å². The molecule has 0 aromatic carbocycles. The highest BCUT2D eigenvalue weighted by Crippen LogP contribution is 2.31. The lowest BCUT2D eigenvalue weighted by molar-refractivity contribution is -0.149. The van der Waals surface area contributed by atoms with Crippen LogP contribution in [0.15, 0.2) is 0 Å². The highest BCUT2D eigenvalue weighted by molar-refractivity contribution is 5.80. The Labute approximate surface area is 104 Å². The van der Waals surface area contributed by atoms with E-state index in [9.17, 15) is 4.79 Å². The molecule has 1 aliphatic rings. The fourth-order valence-corrected chi connectivity index (χ4v) is 2.56. The minimum atomic E-state index is -0.488. The van der Waals surface area contributed by atoms with Crippen LogP contribution in [0.1, 0.15) is 39.0 Å². The van der Waals surface area contributed by atoms with Crippen molar-refractivity contribution in [3.8, 4) is 0 Å². The number of hydrogen-bond acceptors (Lipinski definition) is 4. The molecule has 0 amide bonds. The first-order valence-electron chi connectivity index (χ1n) is 6.47. The molecule has 0 aromatic rings. The molecule has 0 bridgehead atoms. The monoisotopic (exact) mass is 243 g/mol. The maximum Gasteiger partial charge on any atom is 0.326 e. The van der Waals surface area contributed by atoms with Crippen molar-refractivity contribution in [2.45, 2.75) is 44.6 Å². The molecule has 100 valence electrons. The molecule has 4 heteroatoms. The Bertz CT molecular complexity index is 245. The fourth-order valence-electron chi connectivity index (χ4n) is 2.56. The van der Waals surface area contributed by atoms with Crippen molar-refractivity contribution in [1.82, 2.24) is 5.32 Å². The second-order valence-corrected chi connectivity index (χ2v) is 5.03. The normalized spacial score (nSPS) is 29.7. The number of carbonyl (C=O) groups excluding carboxylic acids is 1. The third-order valence-electron chi connectivity index (χ3n) is 3.71. The molecule has 2 unspecified atom stereocenters. The molecule has 2 atom stereocenters. The molecule has 0 aromatic heterocycles. The van der Waals surface area contributed by atoms with E-state index in [-0.39, 0.29) is 5.97 Å². The Morgan fingerprint density at radius 1 is 1.35 bits per heavy atom. The third kappa shape index (κ3) is 3.96. The molecule has 0 spiro atoms. The molecule has 0 aliphatic heterocycles. The Kier molecular flexibility index (Phi) is 5.92. The molecule has 0 radical (unpaired) electrons. The molecule has 1 N–H and O–H groups in total. The van der Waals surface area contributed by atoms with E-state index >= 15 is 0 Å². The topological polar surface area (TPSA) is 47.6 Å². The van der Waals surface area contributed by atoms with Gasteiger partial charge in [0.2, 0.25) is 0 Å². The molecule has 0 saturated heterocycles. The summed E-state index contributed by atoms with van der Waals surface area (Å²) in [5, 5.41) is 3.35. The smallest absolute Gasteiger partial charge is 0.326 e. The van der Waals surface area contributed by atoms with Gasteiger partial charge in [-0.25, -0.2) is 0 Å². The van der Waals surface area contributed by atoms with Gasteiger partial charge in [0.15, 0.2) is 0 Å². The van der Waals surface area contributed by atoms with E-state index in [0.717, 1.165) is 25.7 Å².